The van der Waals surface area contributed by atoms with Gasteiger partial charge in [-0.2, -0.15) is 12.6 Å². The number of benzene rings is 3. The molecule has 0 heterocycles. The zero-order valence-corrected chi connectivity index (χ0v) is 50.9. The normalized spacial score (nSPS) is 14.2. The molecule has 6 atom stereocenters. The van der Waals surface area contributed by atoms with E-state index < -0.39 is 0 Å². The summed E-state index contributed by atoms with van der Waals surface area (Å²) in [5.41, 5.74) is 14.4. The van der Waals surface area contributed by atoms with Gasteiger partial charge in [0.15, 0.2) is 5.96 Å². The molecule has 0 aromatic heterocycles. The molecule has 12 heteroatoms. The summed E-state index contributed by atoms with van der Waals surface area (Å²) in [6, 6.07) is 26.9. The zero-order valence-electron chi connectivity index (χ0n) is 50.0. The zero-order chi connectivity index (χ0) is 58.3. The third-order valence-electron chi connectivity index (χ3n) is 13.6. The predicted molar refractivity (Wildman–Crippen MR) is 325 cm³/mol. The Morgan fingerprint density at radius 3 is 1.17 bits per heavy atom. The number of hydrogen-bond donors (Lipinski definition) is 11. The molecular formula is C63H117N3O8S. The quantitative estimate of drug-likeness (QED) is 0.0282. The van der Waals surface area contributed by atoms with Crippen molar-refractivity contribution < 1.29 is 40.9 Å². The molecule has 0 aliphatic carbocycles. The first-order valence-corrected chi connectivity index (χ1v) is 27.3. The largest absolute Gasteiger partial charge is 0.508 e. The van der Waals surface area contributed by atoms with Crippen molar-refractivity contribution in [3.8, 4) is 5.75 Å². The van der Waals surface area contributed by atoms with Gasteiger partial charge < -0.3 is 52.3 Å². The van der Waals surface area contributed by atoms with Gasteiger partial charge in [0.2, 0.25) is 0 Å². The van der Waals surface area contributed by atoms with Crippen molar-refractivity contribution in [2.75, 3.05) is 45.3 Å². The Morgan fingerprint density at radius 2 is 0.893 bits per heavy atom. The molecule has 3 aromatic carbocycles. The minimum atomic E-state index is -0.365. The van der Waals surface area contributed by atoms with Crippen LogP contribution in [0.1, 0.15) is 187 Å². The van der Waals surface area contributed by atoms with E-state index in [1.54, 1.807) is 12.1 Å². The maximum Gasteiger partial charge on any atom is 0.185 e. The lowest BCUT2D eigenvalue weighted by Crippen LogP contribution is -2.26. The SMILES string of the molecule is C.CC(C(O)c1ccccc1)C(C)(C)C.CC(C)(C)C(CO)CCCN=C(N)N.CC(C)(C)C(CO)CO.CC(C)(C)C(CO)CS.CC(C)(C)C(CO)Cc1ccc(O)cc1.CC(C)(C)CC(O)c1ccccc1. The molecule has 0 aliphatic heterocycles. The van der Waals surface area contributed by atoms with Crippen LogP contribution in [0.4, 0.5) is 0 Å². The summed E-state index contributed by atoms with van der Waals surface area (Å²) in [7, 11) is 0. The lowest BCUT2D eigenvalue weighted by Gasteiger charge is -2.31. The van der Waals surface area contributed by atoms with E-state index in [0.29, 0.717) is 18.4 Å². The Hall–Kier alpha value is -3.20. The molecule has 0 bridgehead atoms. The summed E-state index contributed by atoms with van der Waals surface area (Å²) in [6.07, 6.45) is 2.83. The number of phenolic OH excluding ortho intramolecular Hbond substituents is 1. The van der Waals surface area contributed by atoms with E-state index in [0.717, 1.165) is 48.1 Å². The number of guanidine groups is 1. The predicted octanol–water partition coefficient (Wildman–Crippen LogP) is 12.7. The molecule has 75 heavy (non-hydrogen) atoms. The Labute approximate surface area is 465 Å². The molecule has 0 saturated carbocycles. The minimum Gasteiger partial charge on any atom is -0.508 e. The molecule has 6 unspecified atom stereocenters. The molecule has 0 spiro atoms. The standard InChI is InChI=1S/C13H20O2.C13H20O.C12H18O.C10H23N3O.C7H16O2.C7H16OS.CH4/c1-13(2,3)11(9-14)8-10-4-6-12(15)7-5-10;1-10(13(2,3)4)12(14)11-8-6-5-7-9-11;1-12(2,3)9-11(13)10-7-5-4-6-8-10;1-10(2,3)8(7-14)5-4-6-13-9(11)12;2*1-7(2,3)6(4-8)5-9;/h4-7,11,14-15H,8-9H2,1-3H3;5-10,12,14H,1-4H3;4-8,11,13H,9H2,1-3H3;8,14H,4-7H2,1-3H3,(H4,11,12,13);2*6,8-9H,4-5H2,1-3H3;1H4. The Bertz CT molecular complexity index is 1790. The third kappa shape index (κ3) is 38.9. The van der Waals surface area contributed by atoms with Gasteiger partial charge in [-0.05, 0) is 116 Å². The van der Waals surface area contributed by atoms with Crippen LogP contribution in [0.3, 0.4) is 0 Å². The van der Waals surface area contributed by atoms with Crippen molar-refractivity contribution >= 4 is 18.6 Å². The van der Waals surface area contributed by atoms with E-state index in [1.807, 2.05) is 93.6 Å². The molecular weight excluding hydrogens is 959 g/mol. The highest BCUT2D eigenvalue weighted by Crippen LogP contribution is 2.36. The van der Waals surface area contributed by atoms with Crippen LogP contribution < -0.4 is 11.5 Å². The van der Waals surface area contributed by atoms with Crippen molar-refractivity contribution in [2.45, 2.75) is 177 Å². The van der Waals surface area contributed by atoms with Gasteiger partial charge in [0, 0.05) is 45.5 Å². The van der Waals surface area contributed by atoms with E-state index >= 15 is 0 Å². The maximum atomic E-state index is 10.1. The number of aliphatic imine (C=N–C) groups is 1. The van der Waals surface area contributed by atoms with Crippen molar-refractivity contribution in [3.05, 3.63) is 102 Å². The van der Waals surface area contributed by atoms with Crippen LogP contribution >= 0.6 is 12.6 Å². The van der Waals surface area contributed by atoms with E-state index in [1.165, 1.54) is 0 Å². The van der Waals surface area contributed by atoms with Gasteiger partial charge in [-0.3, -0.25) is 4.99 Å². The molecule has 0 amide bonds. The van der Waals surface area contributed by atoms with Crippen molar-refractivity contribution in [1.82, 2.24) is 0 Å². The molecule has 0 radical (unpaired) electrons. The summed E-state index contributed by atoms with van der Waals surface area (Å²) >= 11 is 4.13. The van der Waals surface area contributed by atoms with Crippen LogP contribution in [-0.4, -0.2) is 92.1 Å². The van der Waals surface area contributed by atoms with Crippen LogP contribution in [-0.2, 0) is 6.42 Å². The van der Waals surface area contributed by atoms with Gasteiger partial charge in [-0.15, -0.1) is 0 Å². The smallest absolute Gasteiger partial charge is 0.185 e. The van der Waals surface area contributed by atoms with Gasteiger partial charge >= 0.3 is 0 Å². The number of phenols is 1. The lowest BCUT2D eigenvalue weighted by atomic mass is 9.77. The Kier molecular flexibility index (Phi) is 40.1. The second-order valence-electron chi connectivity index (χ2n) is 26.4. The van der Waals surface area contributed by atoms with Gasteiger partial charge in [-0.1, -0.05) is 212 Å². The highest BCUT2D eigenvalue weighted by Gasteiger charge is 2.28. The first kappa shape index (κ1) is 78.3. The summed E-state index contributed by atoms with van der Waals surface area (Å²) in [4.78, 5) is 3.90. The van der Waals surface area contributed by atoms with E-state index in [2.05, 4.69) is 128 Å². The number of hydrogen-bond acceptors (Lipinski definition) is 10. The van der Waals surface area contributed by atoms with Crippen LogP contribution in [0.25, 0.3) is 0 Å². The molecule has 12 N–H and O–H groups in total. The summed E-state index contributed by atoms with van der Waals surface area (Å²) in [6.45, 7) is 41.6. The molecule has 11 nitrogen and oxygen atoms in total. The molecule has 3 aromatic rings. The summed E-state index contributed by atoms with van der Waals surface area (Å²) < 4.78 is 0. The first-order chi connectivity index (χ1) is 33.8. The molecule has 0 fully saturated rings. The van der Waals surface area contributed by atoms with Crippen LogP contribution in [0.5, 0.6) is 5.75 Å². The van der Waals surface area contributed by atoms with Gasteiger partial charge in [0.25, 0.3) is 0 Å². The monoisotopic (exact) mass is 1080 g/mol. The maximum absolute atomic E-state index is 10.1. The first-order valence-electron chi connectivity index (χ1n) is 26.7. The van der Waals surface area contributed by atoms with E-state index in [-0.39, 0.29) is 115 Å². The average Bonchev–Trinajstić information content (AvgIpc) is 3.28. The fourth-order valence-corrected chi connectivity index (χ4v) is 7.56. The minimum absolute atomic E-state index is 0. The number of nitrogens with zero attached hydrogens (tertiary/aromatic N) is 1. The highest BCUT2D eigenvalue weighted by molar-refractivity contribution is 7.80. The number of aliphatic hydroxyl groups is 7. The Balaban J connectivity index is -0.000000406. The Morgan fingerprint density at radius 1 is 0.520 bits per heavy atom. The second kappa shape index (κ2) is 38.4. The van der Waals surface area contributed by atoms with Crippen molar-refractivity contribution in [3.63, 3.8) is 0 Å². The fourth-order valence-electron chi connectivity index (χ4n) is 6.90. The fraction of sp³-hybridized carbons (Fsp3) is 0.698. The van der Waals surface area contributed by atoms with Gasteiger partial charge in [0.05, 0.1) is 12.2 Å². The van der Waals surface area contributed by atoms with Gasteiger partial charge in [0.1, 0.15) is 5.75 Å². The van der Waals surface area contributed by atoms with Gasteiger partial charge in [-0.25, -0.2) is 0 Å². The highest BCUT2D eigenvalue weighted by atomic mass is 32.1. The molecule has 0 saturated heterocycles. The van der Waals surface area contributed by atoms with E-state index in [4.69, 9.17) is 31.9 Å². The summed E-state index contributed by atoms with van der Waals surface area (Å²) in [5, 5.41) is 73.9. The second-order valence-corrected chi connectivity index (χ2v) is 26.7. The molecule has 0 aliphatic rings. The third-order valence-corrected chi connectivity index (χ3v) is 14.1. The molecule has 438 valence electrons. The number of rotatable bonds is 16. The number of aliphatic hydroxyl groups excluding tert-OH is 7. The number of aromatic hydroxyl groups is 1. The van der Waals surface area contributed by atoms with E-state index in [9.17, 15) is 20.4 Å². The topological polar surface area (TPSA) is 226 Å². The number of nitrogens with two attached hydrogens (primary N) is 2. The lowest BCUT2D eigenvalue weighted by molar-refractivity contribution is 0.0535. The number of thiol groups is 1. The van der Waals surface area contributed by atoms with Crippen LogP contribution in [0.15, 0.2) is 89.9 Å². The van der Waals surface area contributed by atoms with Crippen LogP contribution in [0.2, 0.25) is 0 Å². The summed E-state index contributed by atoms with van der Waals surface area (Å²) in [5.74, 6) is 2.35. The average molecular weight is 1080 g/mol. The molecule has 3 rings (SSSR count). The van der Waals surface area contributed by atoms with Crippen molar-refractivity contribution in [1.29, 1.82) is 0 Å². The van der Waals surface area contributed by atoms with Crippen LogP contribution in [0, 0.1) is 62.1 Å². The van der Waals surface area contributed by atoms with Crippen molar-refractivity contribution in [2.24, 2.45) is 78.5 Å².